The third-order valence-electron chi connectivity index (χ3n) is 2.13. The van der Waals surface area contributed by atoms with E-state index < -0.39 is 11.8 Å². The highest BCUT2D eigenvalue weighted by molar-refractivity contribution is 9.10. The van der Waals surface area contributed by atoms with Gasteiger partial charge in [-0.1, -0.05) is 17.7 Å². The molecular formula is C12H6BrClFNO3. The van der Waals surface area contributed by atoms with Crippen molar-refractivity contribution in [2.24, 2.45) is 0 Å². The van der Waals surface area contributed by atoms with Crippen LogP contribution in [0.5, 0.6) is 11.6 Å². The summed E-state index contributed by atoms with van der Waals surface area (Å²) in [6.07, 6.45) is 0. The zero-order valence-corrected chi connectivity index (χ0v) is 11.6. The van der Waals surface area contributed by atoms with Crippen LogP contribution in [0.4, 0.5) is 4.39 Å². The fourth-order valence-corrected chi connectivity index (χ4v) is 2.01. The summed E-state index contributed by atoms with van der Waals surface area (Å²) in [5.74, 6) is -1.62. The number of hydrogen-bond acceptors (Lipinski definition) is 3. The summed E-state index contributed by atoms with van der Waals surface area (Å²) in [6, 6.07) is 6.69. The first-order valence-corrected chi connectivity index (χ1v) is 6.17. The van der Waals surface area contributed by atoms with Gasteiger partial charge in [-0.05, 0) is 28.1 Å². The van der Waals surface area contributed by atoms with E-state index in [0.717, 1.165) is 6.07 Å². The number of rotatable bonds is 3. The molecule has 2 aromatic rings. The first kappa shape index (κ1) is 13.8. The summed E-state index contributed by atoms with van der Waals surface area (Å²) in [7, 11) is 0. The first-order chi connectivity index (χ1) is 8.97. The van der Waals surface area contributed by atoms with Crippen molar-refractivity contribution in [3.8, 4) is 11.6 Å². The maximum Gasteiger partial charge on any atom is 0.354 e. The lowest BCUT2D eigenvalue weighted by molar-refractivity contribution is 0.0689. The summed E-state index contributed by atoms with van der Waals surface area (Å²) < 4.78 is 19.1. The lowest BCUT2D eigenvalue weighted by Gasteiger charge is -2.08. The maximum absolute atomic E-state index is 13.3. The smallest absolute Gasteiger partial charge is 0.354 e. The van der Waals surface area contributed by atoms with Gasteiger partial charge in [0, 0.05) is 12.1 Å². The fourth-order valence-electron chi connectivity index (χ4n) is 1.29. The zero-order valence-electron chi connectivity index (χ0n) is 9.23. The molecule has 0 radical (unpaired) electrons. The molecule has 0 unspecified atom stereocenters. The van der Waals surface area contributed by atoms with Crippen LogP contribution in [0.3, 0.4) is 0 Å². The molecule has 0 aliphatic heterocycles. The molecule has 1 N–H and O–H groups in total. The number of benzene rings is 1. The molecule has 0 fully saturated rings. The normalized spacial score (nSPS) is 10.3. The Balaban J connectivity index is 2.33. The minimum Gasteiger partial charge on any atom is -0.477 e. The van der Waals surface area contributed by atoms with Gasteiger partial charge >= 0.3 is 5.97 Å². The lowest BCUT2D eigenvalue weighted by Crippen LogP contribution is -2.01. The molecule has 1 heterocycles. The third kappa shape index (κ3) is 3.21. The minimum absolute atomic E-state index is 0.0438. The van der Waals surface area contributed by atoms with Crippen molar-refractivity contribution in [3.05, 3.63) is 51.3 Å². The van der Waals surface area contributed by atoms with E-state index in [-0.39, 0.29) is 22.3 Å². The van der Waals surface area contributed by atoms with Gasteiger partial charge in [-0.3, -0.25) is 0 Å². The molecule has 0 aliphatic rings. The van der Waals surface area contributed by atoms with Crippen LogP contribution in [0, 0.1) is 5.82 Å². The van der Waals surface area contributed by atoms with Crippen LogP contribution in [-0.4, -0.2) is 16.1 Å². The van der Waals surface area contributed by atoms with Crippen LogP contribution >= 0.6 is 27.5 Å². The summed E-state index contributed by atoms with van der Waals surface area (Å²) in [5, 5.41) is 8.76. The molecule has 98 valence electrons. The molecule has 1 aromatic heterocycles. The van der Waals surface area contributed by atoms with Gasteiger partial charge in [0.1, 0.15) is 11.6 Å². The summed E-state index contributed by atoms with van der Waals surface area (Å²) in [5.41, 5.74) is -0.164. The fraction of sp³-hybridized carbons (Fsp3) is 0. The van der Waals surface area contributed by atoms with Crippen molar-refractivity contribution in [3.63, 3.8) is 0 Å². The van der Waals surface area contributed by atoms with Crippen LogP contribution in [0.25, 0.3) is 0 Å². The van der Waals surface area contributed by atoms with Gasteiger partial charge in [0.15, 0.2) is 5.69 Å². The van der Waals surface area contributed by atoms with E-state index in [4.69, 9.17) is 21.4 Å². The van der Waals surface area contributed by atoms with Crippen molar-refractivity contribution in [2.45, 2.75) is 0 Å². The number of halogens is 3. The van der Waals surface area contributed by atoms with Gasteiger partial charge in [0.05, 0.1) is 9.50 Å². The van der Waals surface area contributed by atoms with E-state index in [0.29, 0.717) is 4.47 Å². The molecule has 0 amide bonds. The molecule has 0 saturated heterocycles. The van der Waals surface area contributed by atoms with Crippen molar-refractivity contribution in [2.75, 3.05) is 0 Å². The van der Waals surface area contributed by atoms with Gasteiger partial charge in [-0.2, -0.15) is 0 Å². The number of carboxylic acids is 1. The van der Waals surface area contributed by atoms with Gasteiger partial charge in [-0.15, -0.1) is 0 Å². The number of ether oxygens (including phenoxy) is 1. The summed E-state index contributed by atoms with van der Waals surface area (Å²) in [6.45, 7) is 0. The van der Waals surface area contributed by atoms with Crippen molar-refractivity contribution in [1.29, 1.82) is 0 Å². The summed E-state index contributed by atoms with van der Waals surface area (Å²) >= 11 is 8.77. The lowest BCUT2D eigenvalue weighted by atomic mass is 10.3. The average molecular weight is 347 g/mol. The Morgan fingerprint density at radius 2 is 2.16 bits per heavy atom. The molecule has 0 spiro atoms. The van der Waals surface area contributed by atoms with E-state index in [9.17, 15) is 9.18 Å². The van der Waals surface area contributed by atoms with E-state index in [1.54, 1.807) is 0 Å². The van der Waals surface area contributed by atoms with Crippen molar-refractivity contribution < 1.29 is 19.0 Å². The number of hydrogen-bond donors (Lipinski definition) is 1. The van der Waals surface area contributed by atoms with Crippen LogP contribution in [0.1, 0.15) is 10.5 Å². The van der Waals surface area contributed by atoms with E-state index in [2.05, 4.69) is 20.9 Å². The third-order valence-corrected chi connectivity index (χ3v) is 3.04. The molecule has 1 aromatic carbocycles. The second kappa shape index (κ2) is 5.54. The Labute approximate surface area is 120 Å². The Morgan fingerprint density at radius 3 is 2.84 bits per heavy atom. The van der Waals surface area contributed by atoms with E-state index >= 15 is 0 Å². The number of carboxylic acid groups (broad SMARTS) is 1. The molecular weight excluding hydrogens is 340 g/mol. The number of aromatic nitrogens is 1. The van der Waals surface area contributed by atoms with Crippen molar-refractivity contribution >= 4 is 33.5 Å². The van der Waals surface area contributed by atoms with Gasteiger partial charge in [0.25, 0.3) is 0 Å². The number of carbonyl (C=O) groups is 1. The molecule has 0 bridgehead atoms. The average Bonchev–Trinajstić information content (AvgIpc) is 2.36. The molecule has 2 rings (SSSR count). The van der Waals surface area contributed by atoms with Crippen LogP contribution < -0.4 is 4.74 Å². The summed E-state index contributed by atoms with van der Waals surface area (Å²) in [4.78, 5) is 14.5. The Morgan fingerprint density at radius 1 is 1.42 bits per heavy atom. The van der Waals surface area contributed by atoms with Gasteiger partial charge in [-0.25, -0.2) is 14.2 Å². The largest absolute Gasteiger partial charge is 0.477 e. The Bertz CT molecular complexity index is 651. The molecule has 0 aliphatic carbocycles. The van der Waals surface area contributed by atoms with Crippen LogP contribution in [-0.2, 0) is 0 Å². The topological polar surface area (TPSA) is 59.4 Å². The molecule has 7 heteroatoms. The van der Waals surface area contributed by atoms with Crippen molar-refractivity contribution in [1.82, 2.24) is 4.98 Å². The molecule has 4 nitrogen and oxygen atoms in total. The van der Waals surface area contributed by atoms with Gasteiger partial charge in [0.2, 0.25) is 5.88 Å². The molecule has 0 atom stereocenters. The number of nitrogens with zero attached hydrogens (tertiary/aromatic N) is 1. The van der Waals surface area contributed by atoms with E-state index in [1.165, 1.54) is 24.3 Å². The van der Waals surface area contributed by atoms with Crippen LogP contribution in [0.2, 0.25) is 5.02 Å². The maximum atomic E-state index is 13.3. The number of aromatic carboxylic acids is 1. The number of pyridine rings is 1. The molecule has 19 heavy (non-hydrogen) atoms. The Kier molecular flexibility index (Phi) is 4.01. The minimum atomic E-state index is -1.17. The van der Waals surface area contributed by atoms with Gasteiger partial charge < -0.3 is 9.84 Å². The van der Waals surface area contributed by atoms with Crippen LogP contribution in [0.15, 0.2) is 34.8 Å². The highest BCUT2D eigenvalue weighted by Gasteiger charge is 2.11. The highest BCUT2D eigenvalue weighted by Crippen LogP contribution is 2.33. The molecule has 0 saturated carbocycles. The Hall–Kier alpha value is -1.66. The predicted molar refractivity (Wildman–Crippen MR) is 70.4 cm³/mol. The monoisotopic (exact) mass is 345 g/mol. The second-order valence-corrected chi connectivity index (χ2v) is 4.73. The SMILES string of the molecule is O=C(O)c1cccc(Oc2cc(F)c(Cl)cc2Br)n1. The van der Waals surface area contributed by atoms with E-state index in [1.807, 2.05) is 0 Å². The predicted octanol–water partition coefficient (Wildman–Crippen LogP) is 4.13. The highest BCUT2D eigenvalue weighted by atomic mass is 79.9. The zero-order chi connectivity index (χ0) is 14.0. The quantitative estimate of drug-likeness (QED) is 0.849. The first-order valence-electron chi connectivity index (χ1n) is 5.00. The second-order valence-electron chi connectivity index (χ2n) is 3.47. The standard InChI is InChI=1S/C12H6BrClFNO3/c13-6-4-7(14)8(15)5-10(6)19-11-3-1-2-9(16-11)12(17)18/h1-5H,(H,17,18).